The number of aromatic nitrogens is 2. The van der Waals surface area contributed by atoms with Crippen LogP contribution in [0, 0.1) is 11.3 Å². The molecule has 2 aromatic rings. The second kappa shape index (κ2) is 9.16. The summed E-state index contributed by atoms with van der Waals surface area (Å²) in [5.74, 6) is -0.0777. The van der Waals surface area contributed by atoms with Crippen LogP contribution in [0.3, 0.4) is 0 Å². The summed E-state index contributed by atoms with van der Waals surface area (Å²) < 4.78 is 1.88. The molecule has 0 fully saturated rings. The maximum atomic E-state index is 12.5. The van der Waals surface area contributed by atoms with Crippen LogP contribution in [0.5, 0.6) is 0 Å². The van der Waals surface area contributed by atoms with Gasteiger partial charge >= 0.3 is 0 Å². The van der Waals surface area contributed by atoms with E-state index in [1.54, 1.807) is 11.3 Å². The number of nitrogens with one attached hydrogen (secondary N) is 1. The Bertz CT molecular complexity index is 832. The Kier molecular flexibility index (Phi) is 6.64. The highest BCUT2D eigenvalue weighted by molar-refractivity contribution is 7.16. The van der Waals surface area contributed by atoms with E-state index in [0.29, 0.717) is 12.1 Å². The molecule has 0 aliphatic heterocycles. The molecule has 7 heteroatoms. The highest BCUT2D eigenvalue weighted by atomic mass is 32.1. The number of hydrogen-bond donors (Lipinski definition) is 1. The largest absolute Gasteiger partial charge is 0.315 e. The lowest BCUT2D eigenvalue weighted by atomic mass is 9.97. The summed E-state index contributed by atoms with van der Waals surface area (Å²) in [5.41, 5.74) is 2.93. The van der Waals surface area contributed by atoms with Gasteiger partial charge in [-0.2, -0.15) is 10.4 Å². The zero-order valence-electron chi connectivity index (χ0n) is 16.1. The first kappa shape index (κ1) is 19.6. The maximum absolute atomic E-state index is 12.5. The summed E-state index contributed by atoms with van der Waals surface area (Å²) in [6, 6.07) is 2.33. The van der Waals surface area contributed by atoms with Crippen LogP contribution in [0.4, 0.5) is 5.00 Å². The molecule has 0 unspecified atom stereocenters. The van der Waals surface area contributed by atoms with Gasteiger partial charge < -0.3 is 5.32 Å². The van der Waals surface area contributed by atoms with Crippen molar-refractivity contribution in [2.45, 2.75) is 58.5 Å². The third-order valence-electron chi connectivity index (χ3n) is 4.91. The lowest BCUT2D eigenvalue weighted by Gasteiger charge is -2.15. The first-order valence-corrected chi connectivity index (χ1v) is 10.5. The molecule has 27 heavy (non-hydrogen) atoms. The molecular formula is C20H27N5OS. The number of nitriles is 1. The normalized spacial score (nSPS) is 14.3. The van der Waals surface area contributed by atoms with E-state index in [1.165, 1.54) is 24.1 Å². The van der Waals surface area contributed by atoms with Crippen LogP contribution in [-0.4, -0.2) is 34.2 Å². The molecule has 3 rings (SSSR count). The Morgan fingerprint density at radius 3 is 2.85 bits per heavy atom. The number of aryl methyl sites for hydroxylation is 2. The number of thiophene rings is 1. The molecule has 2 heterocycles. The first-order chi connectivity index (χ1) is 13.1. The van der Waals surface area contributed by atoms with E-state index in [1.807, 2.05) is 35.9 Å². The Morgan fingerprint density at radius 2 is 2.15 bits per heavy atom. The summed E-state index contributed by atoms with van der Waals surface area (Å²) in [7, 11) is 1.92. The number of carbonyl (C=O) groups excluding carboxylic acids is 1. The second-order valence-electron chi connectivity index (χ2n) is 7.16. The standard InChI is InChI=1S/C20H27N5OS/c1-3-25-13-15(11-22-25)12-24(2)14-19(26)23-20-17(10-21)16-8-6-4-5-7-9-18(16)27-20/h11,13H,3-9,12,14H2,1-2H3,(H,23,26). The molecule has 6 nitrogen and oxygen atoms in total. The molecule has 1 N–H and O–H groups in total. The number of rotatable bonds is 6. The molecular weight excluding hydrogens is 358 g/mol. The predicted octanol–water partition coefficient (Wildman–Crippen LogP) is 3.57. The van der Waals surface area contributed by atoms with Crippen LogP contribution < -0.4 is 5.32 Å². The number of hydrogen-bond acceptors (Lipinski definition) is 5. The lowest BCUT2D eigenvalue weighted by Crippen LogP contribution is -2.29. The van der Waals surface area contributed by atoms with Gasteiger partial charge in [-0.05, 0) is 45.2 Å². The molecule has 0 spiro atoms. The van der Waals surface area contributed by atoms with Crippen LogP contribution in [0.25, 0.3) is 0 Å². The average molecular weight is 386 g/mol. The molecule has 2 aromatic heterocycles. The minimum Gasteiger partial charge on any atom is -0.315 e. The third-order valence-corrected chi connectivity index (χ3v) is 6.12. The SMILES string of the molecule is CCn1cc(CN(C)CC(=O)Nc2sc3c(c2C#N)CCCCCC3)cn1. The number of carbonyl (C=O) groups is 1. The molecule has 0 saturated carbocycles. The molecule has 0 atom stereocenters. The van der Waals surface area contributed by atoms with Crippen molar-refractivity contribution in [1.82, 2.24) is 14.7 Å². The topological polar surface area (TPSA) is 74.0 Å². The minimum atomic E-state index is -0.0777. The van der Waals surface area contributed by atoms with E-state index < -0.39 is 0 Å². The molecule has 0 aromatic carbocycles. The van der Waals surface area contributed by atoms with Crippen LogP contribution >= 0.6 is 11.3 Å². The monoisotopic (exact) mass is 385 g/mol. The Balaban J connectivity index is 1.63. The van der Waals surface area contributed by atoms with Gasteiger partial charge in [0.2, 0.25) is 5.91 Å². The van der Waals surface area contributed by atoms with E-state index in [9.17, 15) is 10.1 Å². The average Bonchev–Trinajstić information content (AvgIpc) is 3.18. The summed E-state index contributed by atoms with van der Waals surface area (Å²) >= 11 is 1.59. The quantitative estimate of drug-likeness (QED) is 0.825. The van der Waals surface area contributed by atoms with Crippen molar-refractivity contribution < 1.29 is 4.79 Å². The molecule has 0 bridgehead atoms. The van der Waals surface area contributed by atoms with Crippen molar-refractivity contribution in [3.05, 3.63) is 34.0 Å². The Labute approximate surface area is 164 Å². The fourth-order valence-electron chi connectivity index (χ4n) is 3.57. The number of amides is 1. The van der Waals surface area contributed by atoms with Crippen molar-refractivity contribution in [3.63, 3.8) is 0 Å². The van der Waals surface area contributed by atoms with Crippen molar-refractivity contribution in [2.75, 3.05) is 18.9 Å². The number of likely N-dealkylation sites (N-methyl/N-ethyl adjacent to an activating group) is 1. The van der Waals surface area contributed by atoms with Crippen molar-refractivity contribution >= 4 is 22.2 Å². The molecule has 144 valence electrons. The summed E-state index contributed by atoms with van der Waals surface area (Å²) in [6.45, 7) is 3.83. The zero-order valence-corrected chi connectivity index (χ0v) is 16.9. The lowest BCUT2D eigenvalue weighted by molar-refractivity contribution is -0.117. The van der Waals surface area contributed by atoms with Gasteiger partial charge in [0.05, 0.1) is 18.3 Å². The first-order valence-electron chi connectivity index (χ1n) is 9.65. The van der Waals surface area contributed by atoms with Crippen molar-refractivity contribution in [1.29, 1.82) is 5.26 Å². The highest BCUT2D eigenvalue weighted by Crippen LogP contribution is 2.36. The maximum Gasteiger partial charge on any atom is 0.239 e. The van der Waals surface area contributed by atoms with Gasteiger partial charge in [-0.25, -0.2) is 0 Å². The van der Waals surface area contributed by atoms with E-state index >= 15 is 0 Å². The van der Waals surface area contributed by atoms with Crippen molar-refractivity contribution in [2.24, 2.45) is 0 Å². The molecule has 1 amide bonds. The van der Waals surface area contributed by atoms with E-state index in [0.717, 1.165) is 41.9 Å². The molecule has 1 aliphatic rings. The second-order valence-corrected chi connectivity index (χ2v) is 8.26. The Morgan fingerprint density at radius 1 is 1.37 bits per heavy atom. The van der Waals surface area contributed by atoms with E-state index in [-0.39, 0.29) is 12.5 Å². The smallest absolute Gasteiger partial charge is 0.239 e. The fourth-order valence-corrected chi connectivity index (χ4v) is 4.82. The van der Waals surface area contributed by atoms with Crippen molar-refractivity contribution in [3.8, 4) is 6.07 Å². The number of nitrogens with zero attached hydrogens (tertiary/aromatic N) is 4. The summed E-state index contributed by atoms with van der Waals surface area (Å²) in [4.78, 5) is 15.8. The summed E-state index contributed by atoms with van der Waals surface area (Å²) in [5, 5.41) is 17.6. The van der Waals surface area contributed by atoms with Gasteiger partial charge in [-0.15, -0.1) is 11.3 Å². The highest BCUT2D eigenvalue weighted by Gasteiger charge is 2.20. The molecule has 1 aliphatic carbocycles. The van der Waals surface area contributed by atoms with Gasteiger partial charge in [0, 0.05) is 29.7 Å². The molecule has 0 saturated heterocycles. The van der Waals surface area contributed by atoms with Gasteiger partial charge in [-0.1, -0.05) is 12.8 Å². The third kappa shape index (κ3) is 4.96. The van der Waals surface area contributed by atoms with Crippen LogP contribution in [0.15, 0.2) is 12.4 Å². The van der Waals surface area contributed by atoms with Gasteiger partial charge in [0.15, 0.2) is 0 Å². The summed E-state index contributed by atoms with van der Waals surface area (Å²) in [6.07, 6.45) is 10.6. The van der Waals surface area contributed by atoms with Crippen LogP contribution in [-0.2, 0) is 30.7 Å². The van der Waals surface area contributed by atoms with Crippen LogP contribution in [0.1, 0.15) is 54.2 Å². The number of anilines is 1. The minimum absolute atomic E-state index is 0.0777. The van der Waals surface area contributed by atoms with E-state index in [4.69, 9.17) is 0 Å². The van der Waals surface area contributed by atoms with Crippen LogP contribution in [0.2, 0.25) is 0 Å². The van der Waals surface area contributed by atoms with Gasteiger partial charge in [0.1, 0.15) is 11.1 Å². The van der Waals surface area contributed by atoms with E-state index in [2.05, 4.69) is 16.5 Å². The number of fused-ring (bicyclic) bond motifs is 1. The van der Waals surface area contributed by atoms with Gasteiger partial charge in [-0.3, -0.25) is 14.4 Å². The molecule has 0 radical (unpaired) electrons. The zero-order chi connectivity index (χ0) is 19.2. The fraction of sp³-hybridized carbons (Fsp3) is 0.550. The Hall–Kier alpha value is -2.17. The van der Waals surface area contributed by atoms with Gasteiger partial charge in [0.25, 0.3) is 0 Å². The predicted molar refractivity (Wildman–Crippen MR) is 108 cm³/mol.